The van der Waals surface area contributed by atoms with Gasteiger partial charge >= 0.3 is 0 Å². The van der Waals surface area contributed by atoms with E-state index >= 15 is 0 Å². The van der Waals surface area contributed by atoms with Gasteiger partial charge < -0.3 is 9.15 Å². The Hall–Kier alpha value is -4.26. The van der Waals surface area contributed by atoms with Gasteiger partial charge in [-0.15, -0.1) is 0 Å². The third kappa shape index (κ3) is 7.91. The summed E-state index contributed by atoms with van der Waals surface area (Å²) in [7, 11) is 0. The van der Waals surface area contributed by atoms with Crippen LogP contribution in [-0.2, 0) is 4.74 Å². The van der Waals surface area contributed by atoms with E-state index in [0.29, 0.717) is 6.73 Å². The smallest absolute Gasteiger partial charge is 0.294 e. The number of carbonyl (C=O) groups is 1. The summed E-state index contributed by atoms with van der Waals surface area (Å²) in [5.41, 5.74) is 5.07. The van der Waals surface area contributed by atoms with E-state index in [0.717, 1.165) is 35.2 Å². The molecule has 6 nitrogen and oxygen atoms in total. The van der Waals surface area contributed by atoms with Gasteiger partial charge in [0.15, 0.2) is 5.76 Å². The number of benzene rings is 2. The predicted octanol–water partition coefficient (Wildman–Crippen LogP) is 8.23. The van der Waals surface area contributed by atoms with Gasteiger partial charge in [0.2, 0.25) is 0 Å². The average molecular weight is 552 g/mol. The van der Waals surface area contributed by atoms with Crippen molar-refractivity contribution in [1.82, 2.24) is 10.3 Å². The number of ether oxygens (including phenoxy) is 1. The lowest BCUT2D eigenvalue weighted by Crippen LogP contribution is -2.38. The second-order valence-electron chi connectivity index (χ2n) is 9.49. The Morgan fingerprint density at radius 3 is 2.44 bits per heavy atom. The summed E-state index contributed by atoms with van der Waals surface area (Å²) in [6.07, 6.45) is 13.8. The van der Waals surface area contributed by atoms with Crippen molar-refractivity contribution >= 4 is 11.6 Å². The number of allylic oxidation sites excluding steroid dienone is 2. The molecule has 214 valence electrons. The molecule has 0 radical (unpaired) electrons. The maximum atomic E-state index is 13.8. The Labute approximate surface area is 244 Å². The summed E-state index contributed by atoms with van der Waals surface area (Å²) >= 11 is 0. The first-order valence-corrected chi connectivity index (χ1v) is 14.3. The molecule has 2 aromatic heterocycles. The van der Waals surface area contributed by atoms with Crippen LogP contribution in [0.4, 0.5) is 5.69 Å². The van der Waals surface area contributed by atoms with Gasteiger partial charge in [-0.3, -0.25) is 20.0 Å². The monoisotopic (exact) mass is 551 g/mol. The molecule has 2 aromatic carbocycles. The number of nitrogens with zero attached hydrogens (tertiary/aromatic N) is 2. The van der Waals surface area contributed by atoms with Gasteiger partial charge in [-0.1, -0.05) is 80.6 Å². The first-order valence-electron chi connectivity index (χ1n) is 14.3. The van der Waals surface area contributed by atoms with Crippen molar-refractivity contribution in [2.24, 2.45) is 0 Å². The molecule has 0 spiro atoms. The highest BCUT2D eigenvalue weighted by Crippen LogP contribution is 2.31. The average Bonchev–Trinajstić information content (AvgIpc) is 3.60. The zero-order valence-electron chi connectivity index (χ0n) is 24.1. The number of hydrogen-bond acceptors (Lipinski definition) is 5. The third-order valence-corrected chi connectivity index (χ3v) is 6.88. The molecule has 0 fully saturated rings. The summed E-state index contributed by atoms with van der Waals surface area (Å²) in [5, 5.41) is 3.44. The van der Waals surface area contributed by atoms with Gasteiger partial charge in [-0.2, -0.15) is 0 Å². The van der Waals surface area contributed by atoms with E-state index < -0.39 is 6.04 Å². The second-order valence-corrected chi connectivity index (χ2v) is 9.49. The standard InChI is InChI=1S/C33H33N3O3.C2H6.H2/c1-25(26-10-4-2-5-11-26)35-24-38-23-31(29-14-8-20-34-22-29)36(33(37)32-15-9-21-39-32)30-18-16-28(17-19-30)27-12-6-3-7-13-27;1-2;/h3-4,6-22,25,31,35H,2,5,23-24H2,1H3;1-2H3;1H/t25-,31-;;/m0../s1. The summed E-state index contributed by atoms with van der Waals surface area (Å²) in [6.45, 7) is 6.75. The highest BCUT2D eigenvalue weighted by molar-refractivity contribution is 6.04. The summed E-state index contributed by atoms with van der Waals surface area (Å²) in [5.74, 6) is 0.0162. The van der Waals surface area contributed by atoms with Crippen molar-refractivity contribution in [3.63, 3.8) is 0 Å². The second kappa shape index (κ2) is 15.5. The summed E-state index contributed by atoms with van der Waals surface area (Å²) < 4.78 is 11.7. The number of rotatable bonds is 11. The van der Waals surface area contributed by atoms with Crippen LogP contribution >= 0.6 is 0 Å². The number of carbonyl (C=O) groups excluding carboxylic acids is 1. The lowest BCUT2D eigenvalue weighted by molar-refractivity contribution is 0.0832. The Morgan fingerprint density at radius 1 is 1.00 bits per heavy atom. The zero-order valence-corrected chi connectivity index (χ0v) is 24.1. The molecule has 41 heavy (non-hydrogen) atoms. The molecule has 2 heterocycles. The van der Waals surface area contributed by atoms with E-state index in [1.54, 1.807) is 29.4 Å². The molecule has 6 heteroatoms. The normalized spacial score (nSPS) is 13.9. The number of nitrogens with one attached hydrogen (secondary N) is 1. The van der Waals surface area contributed by atoms with Gasteiger partial charge in [0, 0.05) is 25.5 Å². The Kier molecular flexibility index (Phi) is 11.2. The van der Waals surface area contributed by atoms with Crippen LogP contribution in [0.15, 0.2) is 126 Å². The van der Waals surface area contributed by atoms with Crippen LogP contribution in [0.1, 0.15) is 57.2 Å². The molecule has 0 saturated heterocycles. The van der Waals surface area contributed by atoms with Crippen molar-refractivity contribution in [2.45, 2.75) is 45.7 Å². The topological polar surface area (TPSA) is 67.6 Å². The lowest BCUT2D eigenvalue weighted by Gasteiger charge is -2.32. The number of hydrogen-bond donors (Lipinski definition) is 1. The minimum Gasteiger partial charge on any atom is -0.459 e. The van der Waals surface area contributed by atoms with E-state index in [1.165, 1.54) is 11.8 Å². The largest absolute Gasteiger partial charge is 0.459 e. The maximum Gasteiger partial charge on any atom is 0.294 e. The Morgan fingerprint density at radius 2 is 1.78 bits per heavy atom. The maximum absolute atomic E-state index is 13.8. The van der Waals surface area contributed by atoms with E-state index in [1.807, 2.05) is 68.4 Å². The van der Waals surface area contributed by atoms with Crippen molar-refractivity contribution in [3.05, 3.63) is 133 Å². The fourth-order valence-electron chi connectivity index (χ4n) is 4.72. The molecule has 0 unspecified atom stereocenters. The Bertz CT molecular complexity index is 1390. The van der Waals surface area contributed by atoms with Gasteiger partial charge in [-0.05, 0) is 72.4 Å². The number of anilines is 1. The molecular formula is C35H41N3O3. The van der Waals surface area contributed by atoms with Crippen LogP contribution in [-0.4, -0.2) is 30.3 Å². The van der Waals surface area contributed by atoms with Crippen molar-refractivity contribution in [3.8, 4) is 11.1 Å². The third-order valence-electron chi connectivity index (χ3n) is 6.88. The SMILES string of the molecule is CC.C[C@H](NCOC[C@@H](c1cccnc1)N(C(=O)c1ccco1)c1ccc(-c2ccccc2)cc1)C1=CCCC=C1.[HH]. The molecular weight excluding hydrogens is 510 g/mol. The minimum atomic E-state index is -0.426. The van der Waals surface area contributed by atoms with Crippen molar-refractivity contribution in [1.29, 1.82) is 0 Å². The van der Waals surface area contributed by atoms with Gasteiger partial charge in [0.1, 0.15) is 0 Å². The minimum absolute atomic E-state index is 0. The van der Waals surface area contributed by atoms with Crippen LogP contribution in [0, 0.1) is 0 Å². The first-order chi connectivity index (χ1) is 20.2. The van der Waals surface area contributed by atoms with Gasteiger partial charge in [-0.25, -0.2) is 0 Å². The molecule has 1 aliphatic rings. The van der Waals surface area contributed by atoms with Crippen LogP contribution in [0.2, 0.25) is 0 Å². The summed E-state index contributed by atoms with van der Waals surface area (Å²) in [6, 6.07) is 25.2. The molecule has 5 rings (SSSR count). The predicted molar refractivity (Wildman–Crippen MR) is 168 cm³/mol. The number of aromatic nitrogens is 1. The fraction of sp³-hybridized carbons (Fsp3) is 0.257. The van der Waals surface area contributed by atoms with E-state index in [4.69, 9.17) is 9.15 Å². The van der Waals surface area contributed by atoms with Crippen LogP contribution in [0.25, 0.3) is 11.1 Å². The number of pyridine rings is 1. The summed E-state index contributed by atoms with van der Waals surface area (Å²) in [4.78, 5) is 19.9. The van der Waals surface area contributed by atoms with E-state index in [2.05, 4.69) is 47.6 Å². The van der Waals surface area contributed by atoms with E-state index in [-0.39, 0.29) is 25.7 Å². The van der Waals surface area contributed by atoms with Crippen LogP contribution in [0.3, 0.4) is 0 Å². The zero-order chi connectivity index (χ0) is 28.9. The highest BCUT2D eigenvalue weighted by atomic mass is 16.5. The molecule has 2 atom stereocenters. The van der Waals surface area contributed by atoms with Gasteiger partial charge in [0.05, 0.1) is 25.6 Å². The van der Waals surface area contributed by atoms with Crippen molar-refractivity contribution < 1.29 is 15.4 Å². The molecule has 1 aliphatic carbocycles. The molecule has 0 saturated carbocycles. The van der Waals surface area contributed by atoms with E-state index in [9.17, 15) is 4.79 Å². The van der Waals surface area contributed by atoms with Crippen molar-refractivity contribution in [2.75, 3.05) is 18.2 Å². The lowest BCUT2D eigenvalue weighted by atomic mass is 10.0. The quantitative estimate of drug-likeness (QED) is 0.150. The van der Waals surface area contributed by atoms with Crippen LogP contribution in [0.5, 0.6) is 0 Å². The first kappa shape index (κ1) is 29.7. The molecule has 0 aliphatic heterocycles. The van der Waals surface area contributed by atoms with Gasteiger partial charge in [0.25, 0.3) is 5.91 Å². The molecule has 1 N–H and O–H groups in total. The Balaban J connectivity index is 0.00000158. The fourth-order valence-corrected chi connectivity index (χ4v) is 4.72. The number of amides is 1. The number of furan rings is 1. The van der Waals surface area contributed by atoms with Crippen LogP contribution < -0.4 is 10.2 Å². The molecule has 1 amide bonds. The molecule has 0 bridgehead atoms. The highest BCUT2D eigenvalue weighted by Gasteiger charge is 2.30. The molecule has 4 aromatic rings.